The van der Waals surface area contributed by atoms with Gasteiger partial charge in [0.2, 0.25) is 0 Å². The van der Waals surface area contributed by atoms with E-state index < -0.39 is 0 Å². The first kappa shape index (κ1) is 27.9. The molecule has 0 unspecified atom stereocenters. The summed E-state index contributed by atoms with van der Waals surface area (Å²) in [7, 11) is 0. The lowest BCUT2D eigenvalue weighted by atomic mass is 9.99. The first-order chi connectivity index (χ1) is 23.8. The van der Waals surface area contributed by atoms with E-state index in [2.05, 4.69) is 175 Å². The lowest BCUT2D eigenvalue weighted by Gasteiger charge is -2.27. The maximum absolute atomic E-state index is 6.18. The quantitative estimate of drug-likeness (QED) is 0.185. The number of hydrogen-bond donors (Lipinski definition) is 0. The van der Waals surface area contributed by atoms with Crippen LogP contribution >= 0.6 is 0 Å². The van der Waals surface area contributed by atoms with Gasteiger partial charge in [-0.05, 0) is 93.0 Å². The van der Waals surface area contributed by atoms with Crippen molar-refractivity contribution in [3.8, 4) is 33.6 Å². The molecule has 2 nitrogen and oxygen atoms in total. The summed E-state index contributed by atoms with van der Waals surface area (Å²) in [5.74, 6) is 0.878. The highest BCUT2D eigenvalue weighted by Gasteiger charge is 2.17. The summed E-state index contributed by atoms with van der Waals surface area (Å²) >= 11 is 0. The Kier molecular flexibility index (Phi) is 6.84. The molecule has 0 atom stereocenters. The molecule has 0 aliphatic heterocycles. The van der Waals surface area contributed by atoms with Gasteiger partial charge in [0, 0.05) is 27.7 Å². The van der Waals surface area contributed by atoms with Crippen LogP contribution < -0.4 is 4.90 Å². The zero-order valence-corrected chi connectivity index (χ0v) is 26.3. The van der Waals surface area contributed by atoms with Crippen molar-refractivity contribution in [2.75, 3.05) is 4.90 Å². The van der Waals surface area contributed by atoms with Crippen molar-refractivity contribution < 1.29 is 4.42 Å². The predicted octanol–water partition coefficient (Wildman–Crippen LogP) is 13.2. The maximum Gasteiger partial charge on any atom is 0.135 e. The Hall–Kier alpha value is -6.38. The first-order valence-corrected chi connectivity index (χ1v) is 16.3. The van der Waals surface area contributed by atoms with E-state index in [0.717, 1.165) is 50.5 Å². The molecule has 48 heavy (non-hydrogen) atoms. The third-order valence-corrected chi connectivity index (χ3v) is 9.23. The second kappa shape index (κ2) is 11.8. The van der Waals surface area contributed by atoms with Gasteiger partial charge in [0.05, 0.1) is 5.69 Å². The molecule has 0 spiro atoms. The predicted molar refractivity (Wildman–Crippen MR) is 202 cm³/mol. The van der Waals surface area contributed by atoms with Gasteiger partial charge in [-0.25, -0.2) is 0 Å². The Bertz CT molecular complexity index is 2540. The number of nitrogens with zero attached hydrogens (tertiary/aromatic N) is 1. The van der Waals surface area contributed by atoms with Gasteiger partial charge in [-0.2, -0.15) is 0 Å². The molecular formula is C46H31NO. The van der Waals surface area contributed by atoms with Crippen LogP contribution in [-0.2, 0) is 0 Å². The van der Waals surface area contributed by atoms with Crippen molar-refractivity contribution in [2.24, 2.45) is 0 Å². The van der Waals surface area contributed by atoms with Crippen LogP contribution in [-0.4, -0.2) is 0 Å². The lowest BCUT2D eigenvalue weighted by molar-refractivity contribution is 0.631. The van der Waals surface area contributed by atoms with Gasteiger partial charge < -0.3 is 9.32 Å². The molecule has 0 aliphatic carbocycles. The number of rotatable bonds is 6. The van der Waals surface area contributed by atoms with Gasteiger partial charge in [0.15, 0.2) is 0 Å². The molecule has 8 aromatic carbocycles. The SMILES string of the molecule is c1cc(-c2ccc(N(c3cccc(-c4ccc5ccccc5c4)c3)c3cccc4ccccc34)cc2)cc(-c2cc3ccccc3o2)c1. The van der Waals surface area contributed by atoms with E-state index in [9.17, 15) is 0 Å². The molecule has 2 heteroatoms. The van der Waals surface area contributed by atoms with E-state index in [0.29, 0.717) is 0 Å². The minimum atomic E-state index is 0.878. The first-order valence-electron chi connectivity index (χ1n) is 16.3. The highest BCUT2D eigenvalue weighted by atomic mass is 16.3. The van der Waals surface area contributed by atoms with Gasteiger partial charge in [-0.3, -0.25) is 0 Å². The van der Waals surface area contributed by atoms with Crippen molar-refractivity contribution in [3.05, 3.63) is 188 Å². The second-order valence-electron chi connectivity index (χ2n) is 12.2. The van der Waals surface area contributed by atoms with Crippen LogP contribution in [0.3, 0.4) is 0 Å². The van der Waals surface area contributed by atoms with E-state index in [1.54, 1.807) is 0 Å². The van der Waals surface area contributed by atoms with Crippen molar-refractivity contribution >= 4 is 49.6 Å². The molecule has 0 aliphatic rings. The van der Waals surface area contributed by atoms with Crippen LogP contribution in [0, 0.1) is 0 Å². The third-order valence-electron chi connectivity index (χ3n) is 9.23. The molecule has 0 radical (unpaired) electrons. The Morgan fingerprint density at radius 3 is 1.81 bits per heavy atom. The Morgan fingerprint density at radius 1 is 0.333 bits per heavy atom. The minimum absolute atomic E-state index is 0.878. The van der Waals surface area contributed by atoms with Crippen LogP contribution in [0.15, 0.2) is 192 Å². The molecule has 226 valence electrons. The molecule has 0 saturated carbocycles. The van der Waals surface area contributed by atoms with Crippen molar-refractivity contribution in [1.82, 2.24) is 0 Å². The molecule has 9 aromatic rings. The van der Waals surface area contributed by atoms with E-state index in [4.69, 9.17) is 4.42 Å². The summed E-state index contributed by atoms with van der Waals surface area (Å²) in [5, 5.41) is 6.02. The fraction of sp³-hybridized carbons (Fsp3) is 0. The third kappa shape index (κ3) is 5.10. The summed E-state index contributed by atoms with van der Waals surface area (Å²) in [4.78, 5) is 2.38. The van der Waals surface area contributed by atoms with Crippen molar-refractivity contribution in [1.29, 1.82) is 0 Å². The Morgan fingerprint density at radius 2 is 0.958 bits per heavy atom. The minimum Gasteiger partial charge on any atom is -0.456 e. The number of benzene rings is 8. The molecule has 0 N–H and O–H groups in total. The smallest absolute Gasteiger partial charge is 0.135 e. The number of fused-ring (bicyclic) bond motifs is 3. The Balaban J connectivity index is 1.13. The number of hydrogen-bond acceptors (Lipinski definition) is 2. The number of para-hydroxylation sites is 1. The molecule has 1 aromatic heterocycles. The second-order valence-corrected chi connectivity index (χ2v) is 12.2. The largest absolute Gasteiger partial charge is 0.456 e. The molecule has 0 fully saturated rings. The highest BCUT2D eigenvalue weighted by Crippen LogP contribution is 2.41. The van der Waals surface area contributed by atoms with Crippen LogP contribution in [0.5, 0.6) is 0 Å². The summed E-state index contributed by atoms with van der Waals surface area (Å²) in [6.07, 6.45) is 0. The zero-order chi connectivity index (χ0) is 31.9. The van der Waals surface area contributed by atoms with Gasteiger partial charge in [0.25, 0.3) is 0 Å². The fourth-order valence-electron chi connectivity index (χ4n) is 6.80. The van der Waals surface area contributed by atoms with Gasteiger partial charge in [0.1, 0.15) is 11.3 Å². The zero-order valence-electron chi connectivity index (χ0n) is 26.3. The summed E-state index contributed by atoms with van der Waals surface area (Å²) in [6, 6.07) is 67.0. The van der Waals surface area contributed by atoms with Crippen molar-refractivity contribution in [3.63, 3.8) is 0 Å². The maximum atomic E-state index is 6.18. The standard InChI is InChI=1S/C46H31NO/c1-2-12-35-28-38(23-22-32(35)10-1)37-16-8-18-42(30-37)47(44-20-9-14-34-11-3-5-19-43(34)44)41-26-24-33(25-27-41)36-15-7-17-39(29-36)46-31-40-13-4-6-21-45(40)48-46/h1-31H. The summed E-state index contributed by atoms with van der Waals surface area (Å²) in [6.45, 7) is 0. The normalized spacial score (nSPS) is 11.3. The molecular weight excluding hydrogens is 583 g/mol. The van der Waals surface area contributed by atoms with Gasteiger partial charge in [-0.1, -0.05) is 133 Å². The van der Waals surface area contributed by atoms with E-state index in [1.807, 2.05) is 18.2 Å². The number of furan rings is 1. The molecule has 9 rings (SSSR count). The van der Waals surface area contributed by atoms with Crippen LogP contribution in [0.1, 0.15) is 0 Å². The lowest BCUT2D eigenvalue weighted by Crippen LogP contribution is -2.10. The van der Waals surface area contributed by atoms with E-state index in [1.165, 1.54) is 32.7 Å². The van der Waals surface area contributed by atoms with Gasteiger partial charge >= 0.3 is 0 Å². The van der Waals surface area contributed by atoms with Crippen LogP contribution in [0.25, 0.3) is 66.1 Å². The number of anilines is 3. The van der Waals surface area contributed by atoms with Crippen LogP contribution in [0.4, 0.5) is 17.1 Å². The summed E-state index contributed by atoms with van der Waals surface area (Å²) < 4.78 is 6.18. The molecule has 1 heterocycles. The molecule has 0 amide bonds. The van der Waals surface area contributed by atoms with Gasteiger partial charge in [-0.15, -0.1) is 0 Å². The fourth-order valence-corrected chi connectivity index (χ4v) is 6.80. The highest BCUT2D eigenvalue weighted by molar-refractivity contribution is 5.99. The summed E-state index contributed by atoms with van der Waals surface area (Å²) in [5.41, 5.74) is 10.0. The average molecular weight is 614 g/mol. The monoisotopic (exact) mass is 613 g/mol. The molecule has 0 bridgehead atoms. The Labute approximate surface area is 279 Å². The van der Waals surface area contributed by atoms with E-state index in [-0.39, 0.29) is 0 Å². The van der Waals surface area contributed by atoms with Crippen molar-refractivity contribution in [2.45, 2.75) is 0 Å². The topological polar surface area (TPSA) is 16.4 Å². The molecule has 0 saturated heterocycles. The average Bonchev–Trinajstić information content (AvgIpc) is 3.60. The van der Waals surface area contributed by atoms with E-state index >= 15 is 0 Å². The van der Waals surface area contributed by atoms with Crippen LogP contribution in [0.2, 0.25) is 0 Å².